The van der Waals surface area contributed by atoms with E-state index in [-0.39, 0.29) is 11.6 Å². The molecule has 2 aromatic carbocycles. The van der Waals surface area contributed by atoms with Crippen molar-refractivity contribution in [1.82, 2.24) is 9.97 Å². The number of para-hydroxylation sites is 2. The molecular formula is C19H15N5O2. The van der Waals surface area contributed by atoms with Crippen LogP contribution in [0.15, 0.2) is 60.9 Å². The molecule has 0 aliphatic carbocycles. The zero-order chi connectivity index (χ0) is 18.4. The molecule has 26 heavy (non-hydrogen) atoms. The van der Waals surface area contributed by atoms with Crippen LogP contribution < -0.4 is 15.4 Å². The predicted molar refractivity (Wildman–Crippen MR) is 97.4 cm³/mol. The van der Waals surface area contributed by atoms with Gasteiger partial charge in [0.1, 0.15) is 23.6 Å². The Bertz CT molecular complexity index is 981. The van der Waals surface area contributed by atoms with E-state index in [1.54, 1.807) is 42.5 Å². The highest BCUT2D eigenvalue weighted by molar-refractivity contribution is 6.04. The summed E-state index contributed by atoms with van der Waals surface area (Å²) >= 11 is 0. The number of aromatic nitrogens is 2. The lowest BCUT2D eigenvalue weighted by Gasteiger charge is -2.10. The summed E-state index contributed by atoms with van der Waals surface area (Å²) in [5, 5.41) is 14.8. The molecule has 0 saturated heterocycles. The normalized spacial score (nSPS) is 9.85. The Labute approximate surface area is 150 Å². The van der Waals surface area contributed by atoms with Gasteiger partial charge in [0.2, 0.25) is 0 Å². The van der Waals surface area contributed by atoms with E-state index in [1.165, 1.54) is 19.5 Å². The number of nitriles is 1. The average Bonchev–Trinajstić information content (AvgIpc) is 2.68. The third kappa shape index (κ3) is 3.94. The van der Waals surface area contributed by atoms with Crippen molar-refractivity contribution < 1.29 is 9.53 Å². The Kier molecular flexibility index (Phi) is 5.05. The Morgan fingerprint density at radius 2 is 1.96 bits per heavy atom. The molecule has 0 aliphatic rings. The number of ether oxygens (including phenoxy) is 1. The molecule has 1 aromatic heterocycles. The number of hydrogen-bond donors (Lipinski definition) is 2. The number of hydrogen-bond acceptors (Lipinski definition) is 6. The SMILES string of the molecule is COc1ccccc1NC(=O)c1cc(Nc2cccc(C#N)c2)ncn1. The lowest BCUT2D eigenvalue weighted by molar-refractivity contribution is 0.102. The fraction of sp³-hybridized carbons (Fsp3) is 0.0526. The lowest BCUT2D eigenvalue weighted by atomic mass is 10.2. The highest BCUT2D eigenvalue weighted by Gasteiger charge is 2.12. The maximum absolute atomic E-state index is 12.5. The Balaban J connectivity index is 1.78. The highest BCUT2D eigenvalue weighted by atomic mass is 16.5. The number of nitrogens with one attached hydrogen (secondary N) is 2. The number of amides is 1. The average molecular weight is 345 g/mol. The Morgan fingerprint density at radius 3 is 2.77 bits per heavy atom. The Hall–Kier alpha value is -3.92. The van der Waals surface area contributed by atoms with Crippen LogP contribution in [-0.4, -0.2) is 23.0 Å². The summed E-state index contributed by atoms with van der Waals surface area (Å²) in [5.74, 6) is 0.618. The van der Waals surface area contributed by atoms with Crippen molar-refractivity contribution in [1.29, 1.82) is 5.26 Å². The second-order valence-electron chi connectivity index (χ2n) is 5.26. The predicted octanol–water partition coefficient (Wildman–Crippen LogP) is 3.35. The van der Waals surface area contributed by atoms with Gasteiger partial charge in [-0.25, -0.2) is 9.97 Å². The summed E-state index contributed by atoms with van der Waals surface area (Å²) in [5.41, 5.74) is 1.97. The molecule has 3 rings (SSSR count). The molecule has 0 bridgehead atoms. The van der Waals surface area contributed by atoms with Gasteiger partial charge in [0.05, 0.1) is 24.4 Å². The molecule has 0 unspecified atom stereocenters. The molecule has 1 heterocycles. The quantitative estimate of drug-likeness (QED) is 0.735. The summed E-state index contributed by atoms with van der Waals surface area (Å²) < 4.78 is 5.22. The van der Waals surface area contributed by atoms with Crippen LogP contribution in [0.5, 0.6) is 5.75 Å². The number of benzene rings is 2. The van der Waals surface area contributed by atoms with Crippen molar-refractivity contribution >= 4 is 23.1 Å². The fourth-order valence-corrected chi connectivity index (χ4v) is 2.30. The van der Waals surface area contributed by atoms with E-state index in [9.17, 15) is 4.79 Å². The summed E-state index contributed by atoms with van der Waals surface area (Å²) in [4.78, 5) is 20.6. The van der Waals surface area contributed by atoms with Crippen LogP contribution in [0.1, 0.15) is 16.1 Å². The molecular weight excluding hydrogens is 330 g/mol. The minimum Gasteiger partial charge on any atom is -0.495 e. The van der Waals surface area contributed by atoms with Gasteiger partial charge >= 0.3 is 0 Å². The van der Waals surface area contributed by atoms with Crippen LogP contribution >= 0.6 is 0 Å². The van der Waals surface area contributed by atoms with E-state index in [4.69, 9.17) is 10.00 Å². The van der Waals surface area contributed by atoms with Crippen molar-refractivity contribution in [2.24, 2.45) is 0 Å². The summed E-state index contributed by atoms with van der Waals surface area (Å²) in [6, 6.07) is 17.7. The summed E-state index contributed by atoms with van der Waals surface area (Å²) in [6.07, 6.45) is 1.30. The highest BCUT2D eigenvalue weighted by Crippen LogP contribution is 2.23. The third-order valence-electron chi connectivity index (χ3n) is 3.52. The van der Waals surface area contributed by atoms with Gasteiger partial charge in [0, 0.05) is 11.8 Å². The van der Waals surface area contributed by atoms with Crippen LogP contribution in [-0.2, 0) is 0 Å². The summed E-state index contributed by atoms with van der Waals surface area (Å²) in [6.45, 7) is 0. The largest absolute Gasteiger partial charge is 0.495 e. The van der Waals surface area contributed by atoms with E-state index in [0.29, 0.717) is 28.5 Å². The maximum Gasteiger partial charge on any atom is 0.274 e. The first kappa shape index (κ1) is 16.9. The smallest absolute Gasteiger partial charge is 0.274 e. The van der Waals surface area contributed by atoms with Crippen LogP contribution in [0.2, 0.25) is 0 Å². The van der Waals surface area contributed by atoms with Crippen molar-refractivity contribution in [2.45, 2.75) is 0 Å². The first-order chi connectivity index (χ1) is 12.7. The first-order valence-electron chi connectivity index (χ1n) is 7.73. The molecule has 7 heteroatoms. The van der Waals surface area contributed by atoms with Gasteiger partial charge in [0.15, 0.2) is 0 Å². The maximum atomic E-state index is 12.5. The van der Waals surface area contributed by atoms with E-state index >= 15 is 0 Å². The molecule has 0 aliphatic heterocycles. The van der Waals surface area contributed by atoms with Crippen LogP contribution in [0.25, 0.3) is 0 Å². The van der Waals surface area contributed by atoms with Crippen molar-refractivity contribution in [3.05, 3.63) is 72.2 Å². The number of carbonyl (C=O) groups is 1. The third-order valence-corrected chi connectivity index (χ3v) is 3.52. The Morgan fingerprint density at radius 1 is 1.12 bits per heavy atom. The second-order valence-corrected chi connectivity index (χ2v) is 5.26. The molecule has 1 amide bonds. The molecule has 0 spiro atoms. The zero-order valence-corrected chi connectivity index (χ0v) is 13.9. The molecule has 0 atom stereocenters. The van der Waals surface area contributed by atoms with E-state index in [0.717, 1.165) is 0 Å². The molecule has 2 N–H and O–H groups in total. The monoisotopic (exact) mass is 345 g/mol. The van der Waals surface area contributed by atoms with Gasteiger partial charge in [0.25, 0.3) is 5.91 Å². The lowest BCUT2D eigenvalue weighted by Crippen LogP contribution is -2.15. The van der Waals surface area contributed by atoms with Gasteiger partial charge in [-0.1, -0.05) is 18.2 Å². The zero-order valence-electron chi connectivity index (χ0n) is 13.9. The molecule has 0 saturated carbocycles. The van der Waals surface area contributed by atoms with Gasteiger partial charge in [-0.15, -0.1) is 0 Å². The number of anilines is 3. The van der Waals surface area contributed by atoms with Crippen molar-refractivity contribution in [3.63, 3.8) is 0 Å². The van der Waals surface area contributed by atoms with Crippen LogP contribution in [0.4, 0.5) is 17.2 Å². The van der Waals surface area contributed by atoms with Crippen LogP contribution in [0, 0.1) is 11.3 Å². The molecule has 7 nitrogen and oxygen atoms in total. The first-order valence-corrected chi connectivity index (χ1v) is 7.73. The second kappa shape index (κ2) is 7.77. The molecule has 3 aromatic rings. The van der Waals surface area contributed by atoms with Gasteiger partial charge in [-0.2, -0.15) is 5.26 Å². The van der Waals surface area contributed by atoms with Gasteiger partial charge in [-0.05, 0) is 30.3 Å². The van der Waals surface area contributed by atoms with Crippen LogP contribution in [0.3, 0.4) is 0 Å². The van der Waals surface area contributed by atoms with Crippen molar-refractivity contribution in [2.75, 3.05) is 17.7 Å². The van der Waals surface area contributed by atoms with Gasteiger partial charge in [-0.3, -0.25) is 4.79 Å². The van der Waals surface area contributed by atoms with E-state index in [2.05, 4.69) is 26.7 Å². The number of carbonyl (C=O) groups excluding carboxylic acids is 1. The minimum absolute atomic E-state index is 0.199. The minimum atomic E-state index is -0.384. The summed E-state index contributed by atoms with van der Waals surface area (Å²) in [7, 11) is 1.53. The number of methoxy groups -OCH3 is 1. The van der Waals surface area contributed by atoms with Gasteiger partial charge < -0.3 is 15.4 Å². The number of rotatable bonds is 5. The van der Waals surface area contributed by atoms with Crippen molar-refractivity contribution in [3.8, 4) is 11.8 Å². The molecule has 128 valence electrons. The molecule has 0 radical (unpaired) electrons. The van der Waals surface area contributed by atoms with E-state index in [1.807, 2.05) is 6.07 Å². The topological polar surface area (TPSA) is 99.9 Å². The standard InChI is InChI=1S/C19H15N5O2/c1-26-17-8-3-2-7-15(17)24-19(25)16-10-18(22-12-21-16)23-14-6-4-5-13(9-14)11-20/h2-10,12H,1H3,(H,24,25)(H,21,22,23). The fourth-order valence-electron chi connectivity index (χ4n) is 2.30. The molecule has 0 fully saturated rings. The number of nitrogens with zero attached hydrogens (tertiary/aromatic N) is 3. The van der Waals surface area contributed by atoms with E-state index < -0.39 is 0 Å².